The maximum absolute atomic E-state index is 10.6. The van der Waals surface area contributed by atoms with Crippen molar-refractivity contribution in [3.05, 3.63) is 0 Å². The predicted octanol–water partition coefficient (Wildman–Crippen LogP) is 3.50. The fourth-order valence-electron chi connectivity index (χ4n) is 2.68. The van der Waals surface area contributed by atoms with Crippen LogP contribution in [0.3, 0.4) is 0 Å². The van der Waals surface area contributed by atoms with E-state index < -0.39 is 5.60 Å². The van der Waals surface area contributed by atoms with Crippen molar-refractivity contribution in [2.45, 2.75) is 84.3 Å². The third-order valence-corrected chi connectivity index (χ3v) is 3.74. The molecule has 3 atom stereocenters. The maximum atomic E-state index is 10.6. The number of hydrogen-bond donors (Lipinski definition) is 2. The predicted molar refractivity (Wildman–Crippen MR) is 69.5 cm³/mol. The molecule has 0 saturated carbocycles. The molecule has 0 saturated heterocycles. The summed E-state index contributed by atoms with van der Waals surface area (Å²) in [6.45, 7) is 8.30. The largest absolute Gasteiger partial charge is 0.393 e. The van der Waals surface area contributed by atoms with Gasteiger partial charge in [0, 0.05) is 5.92 Å². The smallest absolute Gasteiger partial charge is 0.0697 e. The van der Waals surface area contributed by atoms with E-state index in [0.717, 1.165) is 44.9 Å². The van der Waals surface area contributed by atoms with Crippen molar-refractivity contribution in [2.75, 3.05) is 0 Å². The highest BCUT2D eigenvalue weighted by Crippen LogP contribution is 2.33. The van der Waals surface area contributed by atoms with Crippen molar-refractivity contribution >= 4 is 0 Å². The number of aliphatic hydroxyl groups excluding tert-OH is 1. The average Bonchev–Trinajstić information content (AvgIpc) is 2.27. The third kappa shape index (κ3) is 4.42. The molecule has 0 radical (unpaired) electrons. The Balaban J connectivity index is 4.52. The average molecular weight is 230 g/mol. The number of aliphatic hydroxyl groups is 2. The lowest BCUT2D eigenvalue weighted by molar-refractivity contribution is -0.0837. The molecule has 0 aliphatic rings. The summed E-state index contributed by atoms with van der Waals surface area (Å²) in [6, 6.07) is 0. The summed E-state index contributed by atoms with van der Waals surface area (Å²) in [6.07, 6.45) is 5.99. The molecule has 0 fully saturated rings. The lowest BCUT2D eigenvalue weighted by Crippen LogP contribution is -2.43. The molecule has 2 N–H and O–H groups in total. The zero-order chi connectivity index (χ0) is 12.6. The van der Waals surface area contributed by atoms with Crippen LogP contribution in [0.2, 0.25) is 0 Å². The van der Waals surface area contributed by atoms with Crippen molar-refractivity contribution in [2.24, 2.45) is 5.92 Å². The molecular weight excluding hydrogens is 200 g/mol. The van der Waals surface area contributed by atoms with Crippen molar-refractivity contribution in [1.82, 2.24) is 0 Å². The minimum Gasteiger partial charge on any atom is -0.393 e. The second kappa shape index (κ2) is 8.08. The Hall–Kier alpha value is -0.0800. The molecule has 0 rings (SSSR count). The molecule has 0 heterocycles. The zero-order valence-electron chi connectivity index (χ0n) is 11.5. The van der Waals surface area contributed by atoms with Gasteiger partial charge in [-0.1, -0.05) is 47.0 Å². The lowest BCUT2D eigenvalue weighted by atomic mass is 9.75. The summed E-state index contributed by atoms with van der Waals surface area (Å²) >= 11 is 0. The van der Waals surface area contributed by atoms with E-state index in [0.29, 0.717) is 0 Å². The van der Waals surface area contributed by atoms with Crippen molar-refractivity contribution in [3.63, 3.8) is 0 Å². The highest BCUT2D eigenvalue weighted by molar-refractivity contribution is 4.88. The van der Waals surface area contributed by atoms with E-state index in [1.54, 1.807) is 0 Å². The molecule has 0 amide bonds. The normalized spacial score (nSPS) is 19.1. The topological polar surface area (TPSA) is 40.5 Å². The SMILES string of the molecule is CCCCC(O)C(CC)C(O)(CC)CCC. The second-order valence-corrected chi connectivity index (χ2v) is 4.93. The maximum Gasteiger partial charge on any atom is 0.0697 e. The fraction of sp³-hybridized carbons (Fsp3) is 1.00. The summed E-state index contributed by atoms with van der Waals surface area (Å²) in [5, 5.41) is 20.8. The van der Waals surface area contributed by atoms with Gasteiger partial charge < -0.3 is 10.2 Å². The van der Waals surface area contributed by atoms with E-state index in [1.807, 2.05) is 6.92 Å². The van der Waals surface area contributed by atoms with Crippen LogP contribution in [0.15, 0.2) is 0 Å². The fourth-order valence-corrected chi connectivity index (χ4v) is 2.68. The molecule has 0 aromatic carbocycles. The summed E-state index contributed by atoms with van der Waals surface area (Å²) in [5.41, 5.74) is -0.670. The van der Waals surface area contributed by atoms with E-state index >= 15 is 0 Å². The van der Waals surface area contributed by atoms with Gasteiger partial charge in [0.05, 0.1) is 11.7 Å². The Labute approximate surface area is 101 Å². The van der Waals surface area contributed by atoms with E-state index in [4.69, 9.17) is 0 Å². The van der Waals surface area contributed by atoms with Gasteiger partial charge in [0.15, 0.2) is 0 Å². The molecule has 3 unspecified atom stereocenters. The standard InChI is InChI=1S/C14H30O2/c1-5-9-10-13(15)12(7-3)14(16,8-4)11-6-2/h12-13,15-16H,5-11H2,1-4H3. The van der Waals surface area contributed by atoms with Crippen LogP contribution >= 0.6 is 0 Å². The third-order valence-electron chi connectivity index (χ3n) is 3.74. The number of unbranched alkanes of at least 4 members (excludes halogenated alkanes) is 1. The summed E-state index contributed by atoms with van der Waals surface area (Å²) < 4.78 is 0. The van der Waals surface area contributed by atoms with Gasteiger partial charge in [0.2, 0.25) is 0 Å². The van der Waals surface area contributed by atoms with Crippen molar-refractivity contribution in [3.8, 4) is 0 Å². The van der Waals surface area contributed by atoms with Gasteiger partial charge in [-0.05, 0) is 25.7 Å². The molecule has 2 heteroatoms. The molecule has 0 aliphatic carbocycles. The molecule has 0 aromatic rings. The van der Waals surface area contributed by atoms with E-state index in [1.165, 1.54) is 0 Å². The summed E-state index contributed by atoms with van der Waals surface area (Å²) in [5.74, 6) is 0.0315. The van der Waals surface area contributed by atoms with E-state index in [9.17, 15) is 10.2 Å². The van der Waals surface area contributed by atoms with Gasteiger partial charge in [-0.2, -0.15) is 0 Å². The Morgan fingerprint density at radius 2 is 1.69 bits per heavy atom. The zero-order valence-corrected chi connectivity index (χ0v) is 11.5. The quantitative estimate of drug-likeness (QED) is 0.636. The van der Waals surface area contributed by atoms with Crippen LogP contribution in [0.1, 0.15) is 72.6 Å². The van der Waals surface area contributed by atoms with Gasteiger partial charge in [-0.15, -0.1) is 0 Å². The molecule has 0 aromatic heterocycles. The molecule has 16 heavy (non-hydrogen) atoms. The van der Waals surface area contributed by atoms with Crippen molar-refractivity contribution < 1.29 is 10.2 Å². The molecule has 2 nitrogen and oxygen atoms in total. The summed E-state index contributed by atoms with van der Waals surface area (Å²) in [7, 11) is 0. The first kappa shape index (κ1) is 15.9. The Morgan fingerprint density at radius 1 is 1.06 bits per heavy atom. The van der Waals surface area contributed by atoms with Crippen LogP contribution in [0, 0.1) is 5.92 Å². The van der Waals surface area contributed by atoms with Gasteiger partial charge in [-0.3, -0.25) is 0 Å². The first-order chi connectivity index (χ1) is 7.55. The monoisotopic (exact) mass is 230 g/mol. The number of hydrogen-bond acceptors (Lipinski definition) is 2. The van der Waals surface area contributed by atoms with Crippen molar-refractivity contribution in [1.29, 1.82) is 0 Å². The van der Waals surface area contributed by atoms with Gasteiger partial charge in [-0.25, -0.2) is 0 Å². The highest BCUT2D eigenvalue weighted by Gasteiger charge is 2.37. The van der Waals surface area contributed by atoms with Crippen LogP contribution < -0.4 is 0 Å². The van der Waals surface area contributed by atoms with Gasteiger partial charge in [0.1, 0.15) is 0 Å². The van der Waals surface area contributed by atoms with Crippen LogP contribution in [-0.4, -0.2) is 21.9 Å². The lowest BCUT2D eigenvalue weighted by Gasteiger charge is -2.38. The minimum atomic E-state index is -0.670. The van der Waals surface area contributed by atoms with Crippen LogP contribution in [0.4, 0.5) is 0 Å². The van der Waals surface area contributed by atoms with E-state index in [-0.39, 0.29) is 12.0 Å². The molecule has 0 spiro atoms. The van der Waals surface area contributed by atoms with Crippen LogP contribution in [0.25, 0.3) is 0 Å². The highest BCUT2D eigenvalue weighted by atomic mass is 16.3. The van der Waals surface area contributed by atoms with Gasteiger partial charge >= 0.3 is 0 Å². The Morgan fingerprint density at radius 3 is 2.06 bits per heavy atom. The Kier molecular flexibility index (Phi) is 8.04. The van der Waals surface area contributed by atoms with E-state index in [2.05, 4.69) is 20.8 Å². The first-order valence-corrected chi connectivity index (χ1v) is 6.96. The van der Waals surface area contributed by atoms with Crippen LogP contribution in [0.5, 0.6) is 0 Å². The molecule has 0 bridgehead atoms. The minimum absolute atomic E-state index is 0.0315. The summed E-state index contributed by atoms with van der Waals surface area (Å²) in [4.78, 5) is 0. The van der Waals surface area contributed by atoms with Crippen LogP contribution in [-0.2, 0) is 0 Å². The Bertz CT molecular complexity index is 170. The molecular formula is C14H30O2. The van der Waals surface area contributed by atoms with Gasteiger partial charge in [0.25, 0.3) is 0 Å². The molecule has 98 valence electrons. The number of rotatable bonds is 9. The second-order valence-electron chi connectivity index (χ2n) is 4.93. The first-order valence-electron chi connectivity index (χ1n) is 6.96. The molecule has 0 aliphatic heterocycles.